The summed E-state index contributed by atoms with van der Waals surface area (Å²) in [7, 11) is 0. The van der Waals surface area contributed by atoms with Crippen molar-refractivity contribution in [2.45, 2.75) is 19.9 Å². The molecule has 35 heavy (non-hydrogen) atoms. The van der Waals surface area contributed by atoms with Gasteiger partial charge in [-0.05, 0) is 42.8 Å². The van der Waals surface area contributed by atoms with E-state index in [9.17, 15) is 14.9 Å². The fraction of sp³-hybridized carbons (Fsp3) is 0.160. The van der Waals surface area contributed by atoms with Crippen LogP contribution in [0.2, 0.25) is 0 Å². The van der Waals surface area contributed by atoms with Gasteiger partial charge < -0.3 is 19.8 Å². The average molecular weight is 471 g/mol. The fourth-order valence-electron chi connectivity index (χ4n) is 3.79. The molecule has 4 aromatic rings. The fourth-order valence-corrected chi connectivity index (χ4v) is 3.79. The SMILES string of the molecule is Cc1cccc(-c2[nH]c(CNC(=O)Cc3ccc([N+](=O)[O-])cc3)nc2-c2ccc3c(c2)OCO3)n1. The number of fused-ring (bicyclic) bond motifs is 1. The molecule has 0 spiro atoms. The monoisotopic (exact) mass is 471 g/mol. The molecule has 1 aliphatic rings. The first-order valence-electron chi connectivity index (χ1n) is 10.9. The Balaban J connectivity index is 1.37. The number of amides is 1. The first-order chi connectivity index (χ1) is 17.0. The summed E-state index contributed by atoms with van der Waals surface area (Å²) < 4.78 is 10.9. The molecule has 0 radical (unpaired) electrons. The molecule has 1 amide bonds. The van der Waals surface area contributed by atoms with Gasteiger partial charge in [-0.2, -0.15) is 0 Å². The van der Waals surface area contributed by atoms with Crippen LogP contribution < -0.4 is 14.8 Å². The predicted molar refractivity (Wildman–Crippen MR) is 127 cm³/mol. The van der Waals surface area contributed by atoms with Crippen LogP contribution in [0.5, 0.6) is 11.5 Å². The summed E-state index contributed by atoms with van der Waals surface area (Å²) in [6.45, 7) is 2.27. The highest BCUT2D eigenvalue weighted by molar-refractivity contribution is 5.80. The van der Waals surface area contributed by atoms with E-state index in [1.54, 1.807) is 12.1 Å². The molecule has 0 fully saturated rings. The molecule has 2 aromatic carbocycles. The zero-order valence-corrected chi connectivity index (χ0v) is 18.8. The van der Waals surface area contributed by atoms with E-state index in [2.05, 4.69) is 15.3 Å². The lowest BCUT2D eigenvalue weighted by molar-refractivity contribution is -0.384. The lowest BCUT2D eigenvalue weighted by atomic mass is 10.1. The number of hydrogen-bond acceptors (Lipinski definition) is 7. The Bertz CT molecular complexity index is 1410. The molecule has 0 atom stereocenters. The van der Waals surface area contributed by atoms with Crippen LogP contribution in [0, 0.1) is 17.0 Å². The predicted octanol–water partition coefficient (Wildman–Crippen LogP) is 3.94. The van der Waals surface area contributed by atoms with Gasteiger partial charge in [0.1, 0.15) is 5.82 Å². The number of nitro groups is 1. The van der Waals surface area contributed by atoms with Gasteiger partial charge in [-0.15, -0.1) is 0 Å². The summed E-state index contributed by atoms with van der Waals surface area (Å²) in [5.74, 6) is 1.66. The Labute approximate surface area is 200 Å². The number of nitrogens with one attached hydrogen (secondary N) is 2. The number of aromatic amines is 1. The molecule has 3 heterocycles. The summed E-state index contributed by atoms with van der Waals surface area (Å²) in [6.07, 6.45) is 0.0972. The zero-order valence-electron chi connectivity index (χ0n) is 18.8. The second kappa shape index (κ2) is 9.26. The number of carbonyl (C=O) groups excluding carboxylic acids is 1. The Morgan fingerprint density at radius 3 is 2.66 bits per heavy atom. The first-order valence-corrected chi connectivity index (χ1v) is 10.9. The number of non-ortho nitro benzene ring substituents is 1. The number of imidazole rings is 1. The molecule has 0 bridgehead atoms. The lowest BCUT2D eigenvalue weighted by Crippen LogP contribution is -2.25. The molecular formula is C25H21N5O5. The molecule has 0 saturated heterocycles. The van der Waals surface area contributed by atoms with E-state index in [1.807, 2.05) is 43.3 Å². The van der Waals surface area contributed by atoms with Crippen molar-refractivity contribution in [3.8, 4) is 34.1 Å². The number of carbonyl (C=O) groups is 1. The number of pyridine rings is 1. The maximum absolute atomic E-state index is 12.5. The van der Waals surface area contributed by atoms with Gasteiger partial charge in [0.2, 0.25) is 12.7 Å². The van der Waals surface area contributed by atoms with Crippen molar-refractivity contribution >= 4 is 11.6 Å². The summed E-state index contributed by atoms with van der Waals surface area (Å²) in [5.41, 5.74) is 4.50. The van der Waals surface area contributed by atoms with Crippen molar-refractivity contribution in [1.29, 1.82) is 0 Å². The number of nitro benzene ring substituents is 1. The zero-order chi connectivity index (χ0) is 24.4. The number of ether oxygens (including phenoxy) is 2. The van der Waals surface area contributed by atoms with Gasteiger partial charge in [-0.3, -0.25) is 19.9 Å². The largest absolute Gasteiger partial charge is 0.454 e. The maximum atomic E-state index is 12.5. The molecule has 0 aliphatic carbocycles. The molecular weight excluding hydrogens is 450 g/mol. The molecule has 176 valence electrons. The van der Waals surface area contributed by atoms with E-state index in [1.165, 1.54) is 12.1 Å². The van der Waals surface area contributed by atoms with Crippen LogP contribution in [0.15, 0.2) is 60.7 Å². The van der Waals surface area contributed by atoms with Gasteiger partial charge in [0.25, 0.3) is 5.69 Å². The molecule has 10 heteroatoms. The Kier molecular flexibility index (Phi) is 5.84. The normalized spacial score (nSPS) is 11.9. The minimum atomic E-state index is -0.473. The van der Waals surface area contributed by atoms with Crippen molar-refractivity contribution in [3.63, 3.8) is 0 Å². The molecule has 10 nitrogen and oxygen atoms in total. The maximum Gasteiger partial charge on any atom is 0.269 e. The Morgan fingerprint density at radius 2 is 1.89 bits per heavy atom. The van der Waals surface area contributed by atoms with Crippen LogP contribution in [0.3, 0.4) is 0 Å². The van der Waals surface area contributed by atoms with Crippen LogP contribution in [0.1, 0.15) is 17.1 Å². The Morgan fingerprint density at radius 1 is 1.09 bits per heavy atom. The summed E-state index contributed by atoms with van der Waals surface area (Å²) >= 11 is 0. The van der Waals surface area contributed by atoms with E-state index in [-0.39, 0.29) is 31.4 Å². The number of H-pyrrole nitrogens is 1. The average Bonchev–Trinajstić information content (AvgIpc) is 3.50. The third-order valence-corrected chi connectivity index (χ3v) is 5.51. The molecule has 0 saturated carbocycles. The van der Waals surface area contributed by atoms with Crippen LogP contribution >= 0.6 is 0 Å². The van der Waals surface area contributed by atoms with Crippen molar-refractivity contribution in [2.75, 3.05) is 6.79 Å². The molecule has 1 aliphatic heterocycles. The Hall–Kier alpha value is -4.73. The summed E-state index contributed by atoms with van der Waals surface area (Å²) in [5, 5.41) is 13.7. The standard InChI is InChI=1S/C25H21N5O5/c1-15-3-2-4-19(27-15)25-24(17-7-10-20-21(12-17)35-14-34-20)28-22(29-25)13-26-23(31)11-16-5-8-18(9-6-16)30(32)33/h2-10,12H,11,13-14H2,1H3,(H,26,31)(H,28,29). The molecule has 5 rings (SSSR count). The highest BCUT2D eigenvalue weighted by Crippen LogP contribution is 2.38. The van der Waals surface area contributed by atoms with E-state index < -0.39 is 4.92 Å². The van der Waals surface area contributed by atoms with E-state index in [0.29, 0.717) is 28.6 Å². The molecule has 2 aromatic heterocycles. The number of benzene rings is 2. The third-order valence-electron chi connectivity index (χ3n) is 5.51. The topological polar surface area (TPSA) is 132 Å². The number of nitrogens with zero attached hydrogens (tertiary/aromatic N) is 3. The van der Waals surface area contributed by atoms with E-state index in [0.717, 1.165) is 22.6 Å². The van der Waals surface area contributed by atoms with E-state index in [4.69, 9.17) is 14.5 Å². The molecule has 2 N–H and O–H groups in total. The lowest BCUT2D eigenvalue weighted by Gasteiger charge is -2.04. The number of hydrogen-bond donors (Lipinski definition) is 2. The van der Waals surface area contributed by atoms with Gasteiger partial charge in [0, 0.05) is 23.4 Å². The highest BCUT2D eigenvalue weighted by atomic mass is 16.7. The van der Waals surface area contributed by atoms with Crippen LogP contribution in [0.25, 0.3) is 22.6 Å². The second-order valence-corrected chi connectivity index (χ2v) is 8.02. The van der Waals surface area contributed by atoms with Gasteiger partial charge in [-0.25, -0.2) is 4.98 Å². The minimum Gasteiger partial charge on any atom is -0.454 e. The van der Waals surface area contributed by atoms with Gasteiger partial charge in [0.15, 0.2) is 11.5 Å². The van der Waals surface area contributed by atoms with E-state index >= 15 is 0 Å². The first kappa shape index (κ1) is 22.1. The van der Waals surface area contributed by atoms with Crippen molar-refractivity contribution in [3.05, 3.63) is 87.9 Å². The van der Waals surface area contributed by atoms with Crippen molar-refractivity contribution in [1.82, 2.24) is 20.3 Å². The third kappa shape index (κ3) is 4.81. The number of rotatable bonds is 7. The summed E-state index contributed by atoms with van der Waals surface area (Å²) in [6, 6.07) is 17.3. The quantitative estimate of drug-likeness (QED) is 0.308. The van der Waals surface area contributed by atoms with Gasteiger partial charge in [-0.1, -0.05) is 18.2 Å². The second-order valence-electron chi connectivity index (χ2n) is 8.02. The highest BCUT2D eigenvalue weighted by Gasteiger charge is 2.20. The summed E-state index contributed by atoms with van der Waals surface area (Å²) in [4.78, 5) is 35.5. The van der Waals surface area contributed by atoms with Crippen molar-refractivity contribution < 1.29 is 19.2 Å². The van der Waals surface area contributed by atoms with Crippen LogP contribution in [0.4, 0.5) is 5.69 Å². The minimum absolute atomic E-state index is 0.0157. The number of aromatic nitrogens is 3. The number of aryl methyl sites for hydroxylation is 1. The van der Waals surface area contributed by atoms with Gasteiger partial charge in [0.05, 0.1) is 35.0 Å². The molecule has 0 unspecified atom stereocenters. The van der Waals surface area contributed by atoms with Crippen LogP contribution in [-0.4, -0.2) is 32.6 Å². The van der Waals surface area contributed by atoms with Gasteiger partial charge >= 0.3 is 0 Å². The van der Waals surface area contributed by atoms with Crippen molar-refractivity contribution in [2.24, 2.45) is 0 Å². The smallest absolute Gasteiger partial charge is 0.269 e. The van der Waals surface area contributed by atoms with Crippen LogP contribution in [-0.2, 0) is 17.8 Å².